The molecule has 28 heavy (non-hydrogen) atoms. The van der Waals surface area contributed by atoms with Gasteiger partial charge in [0, 0.05) is 31.5 Å². The number of carbonyl (C=O) groups excluding carboxylic acids is 2. The van der Waals surface area contributed by atoms with Crippen molar-refractivity contribution in [2.75, 3.05) is 12.4 Å². The number of nitrogens with one attached hydrogen (secondary N) is 1. The van der Waals surface area contributed by atoms with E-state index in [9.17, 15) is 14.0 Å². The van der Waals surface area contributed by atoms with Crippen LogP contribution in [0.25, 0.3) is 0 Å². The number of halogens is 1. The predicted octanol–water partition coefficient (Wildman–Crippen LogP) is 4.05. The number of amides is 2. The Kier molecular flexibility index (Phi) is 5.79. The number of pyridine rings is 1. The number of para-hydroxylation sites is 1. The lowest BCUT2D eigenvalue weighted by Crippen LogP contribution is -2.28. The Hall–Kier alpha value is -3.54. The van der Waals surface area contributed by atoms with Crippen LogP contribution in [0, 0.1) is 12.7 Å². The standard InChI is InChI=1S/C22H20FN3O2/c1-15-4-3-5-19(20(15)25-21(27)17-10-12-24-13-11-17)22(28)26(2)14-16-6-8-18(23)9-7-16/h3-13H,14H2,1-2H3,(H,25,27). The molecule has 0 aliphatic heterocycles. The second kappa shape index (κ2) is 8.43. The maximum atomic E-state index is 13.1. The van der Waals surface area contributed by atoms with Crippen molar-refractivity contribution in [2.24, 2.45) is 0 Å². The number of aryl methyl sites for hydroxylation is 1. The Bertz CT molecular complexity index is 988. The molecule has 3 aromatic rings. The first kappa shape index (κ1) is 19.2. The van der Waals surface area contributed by atoms with E-state index in [2.05, 4.69) is 10.3 Å². The van der Waals surface area contributed by atoms with E-state index in [1.54, 1.807) is 43.4 Å². The van der Waals surface area contributed by atoms with Gasteiger partial charge in [0.15, 0.2) is 0 Å². The van der Waals surface area contributed by atoms with E-state index in [4.69, 9.17) is 0 Å². The fourth-order valence-corrected chi connectivity index (χ4v) is 2.84. The smallest absolute Gasteiger partial charge is 0.256 e. The van der Waals surface area contributed by atoms with E-state index in [0.717, 1.165) is 11.1 Å². The highest BCUT2D eigenvalue weighted by molar-refractivity contribution is 6.09. The first-order valence-electron chi connectivity index (χ1n) is 8.76. The van der Waals surface area contributed by atoms with E-state index in [1.807, 2.05) is 13.0 Å². The number of anilines is 1. The third kappa shape index (κ3) is 4.40. The molecule has 0 unspecified atom stereocenters. The molecule has 2 amide bonds. The van der Waals surface area contributed by atoms with Gasteiger partial charge in [0.1, 0.15) is 5.82 Å². The Balaban J connectivity index is 1.83. The van der Waals surface area contributed by atoms with E-state index < -0.39 is 0 Å². The zero-order valence-corrected chi connectivity index (χ0v) is 15.6. The largest absolute Gasteiger partial charge is 0.337 e. The minimum atomic E-state index is -0.322. The molecule has 3 rings (SSSR count). The average Bonchev–Trinajstić information content (AvgIpc) is 2.71. The minimum Gasteiger partial charge on any atom is -0.337 e. The molecule has 0 saturated carbocycles. The van der Waals surface area contributed by atoms with Crippen molar-refractivity contribution in [2.45, 2.75) is 13.5 Å². The van der Waals surface area contributed by atoms with Gasteiger partial charge in [0.05, 0.1) is 11.3 Å². The summed E-state index contributed by atoms with van der Waals surface area (Å²) in [6.07, 6.45) is 3.07. The summed E-state index contributed by atoms with van der Waals surface area (Å²) in [4.78, 5) is 31.0. The minimum absolute atomic E-state index is 0.238. The molecule has 142 valence electrons. The maximum absolute atomic E-state index is 13.1. The van der Waals surface area contributed by atoms with Gasteiger partial charge < -0.3 is 10.2 Å². The molecule has 0 spiro atoms. The molecular weight excluding hydrogens is 357 g/mol. The molecular formula is C22H20FN3O2. The third-order valence-electron chi connectivity index (χ3n) is 4.36. The second-order valence-corrected chi connectivity index (χ2v) is 6.48. The van der Waals surface area contributed by atoms with Crippen LogP contribution in [0.1, 0.15) is 31.8 Å². The second-order valence-electron chi connectivity index (χ2n) is 6.48. The van der Waals surface area contributed by atoms with Crippen LogP contribution in [0.3, 0.4) is 0 Å². The Morgan fingerprint density at radius 2 is 1.71 bits per heavy atom. The van der Waals surface area contributed by atoms with Crippen molar-refractivity contribution < 1.29 is 14.0 Å². The molecule has 5 nitrogen and oxygen atoms in total. The molecule has 0 radical (unpaired) electrons. The molecule has 1 N–H and O–H groups in total. The molecule has 0 fully saturated rings. The van der Waals surface area contributed by atoms with Gasteiger partial charge in [-0.3, -0.25) is 14.6 Å². The van der Waals surface area contributed by atoms with Crippen molar-refractivity contribution in [3.8, 4) is 0 Å². The number of benzene rings is 2. The number of carbonyl (C=O) groups is 2. The normalized spacial score (nSPS) is 10.4. The van der Waals surface area contributed by atoms with Gasteiger partial charge in [-0.15, -0.1) is 0 Å². The van der Waals surface area contributed by atoms with Crippen LogP contribution in [0.5, 0.6) is 0 Å². The number of hydrogen-bond acceptors (Lipinski definition) is 3. The van der Waals surface area contributed by atoms with E-state index in [0.29, 0.717) is 23.4 Å². The predicted molar refractivity (Wildman–Crippen MR) is 106 cm³/mol. The Labute approximate surface area is 162 Å². The number of nitrogens with zero attached hydrogens (tertiary/aromatic N) is 2. The highest BCUT2D eigenvalue weighted by Gasteiger charge is 2.19. The molecule has 1 aromatic heterocycles. The fourth-order valence-electron chi connectivity index (χ4n) is 2.84. The van der Waals surface area contributed by atoms with Crippen LogP contribution in [-0.2, 0) is 6.54 Å². The van der Waals surface area contributed by atoms with Crippen LogP contribution in [0.2, 0.25) is 0 Å². The highest BCUT2D eigenvalue weighted by atomic mass is 19.1. The number of aromatic nitrogens is 1. The fraction of sp³-hybridized carbons (Fsp3) is 0.136. The topological polar surface area (TPSA) is 62.3 Å². The van der Waals surface area contributed by atoms with Crippen LogP contribution >= 0.6 is 0 Å². The van der Waals surface area contributed by atoms with Crippen molar-refractivity contribution in [1.29, 1.82) is 0 Å². The van der Waals surface area contributed by atoms with E-state index in [-0.39, 0.29) is 17.6 Å². The summed E-state index contributed by atoms with van der Waals surface area (Å²) < 4.78 is 13.1. The van der Waals surface area contributed by atoms with Gasteiger partial charge in [0.25, 0.3) is 11.8 Å². The molecule has 0 aliphatic rings. The van der Waals surface area contributed by atoms with Gasteiger partial charge in [-0.1, -0.05) is 24.3 Å². The van der Waals surface area contributed by atoms with Gasteiger partial charge in [0.2, 0.25) is 0 Å². The molecule has 0 bridgehead atoms. The van der Waals surface area contributed by atoms with Crippen LogP contribution < -0.4 is 5.32 Å². The van der Waals surface area contributed by atoms with Crippen LogP contribution in [0.4, 0.5) is 10.1 Å². The van der Waals surface area contributed by atoms with Crippen LogP contribution in [-0.4, -0.2) is 28.7 Å². The number of hydrogen-bond donors (Lipinski definition) is 1. The molecule has 0 saturated heterocycles. The average molecular weight is 377 g/mol. The van der Waals surface area contributed by atoms with Crippen molar-refractivity contribution in [1.82, 2.24) is 9.88 Å². The summed E-state index contributed by atoms with van der Waals surface area (Å²) in [7, 11) is 1.67. The molecule has 1 heterocycles. The van der Waals surface area contributed by atoms with Gasteiger partial charge in [-0.25, -0.2) is 4.39 Å². The summed E-state index contributed by atoms with van der Waals surface area (Å²) in [6.45, 7) is 2.16. The third-order valence-corrected chi connectivity index (χ3v) is 4.36. The summed E-state index contributed by atoms with van der Waals surface area (Å²) in [5.74, 6) is -0.873. The van der Waals surface area contributed by atoms with Crippen molar-refractivity contribution in [3.05, 3.63) is 95.1 Å². The molecule has 0 atom stereocenters. The molecule has 2 aromatic carbocycles. The zero-order chi connectivity index (χ0) is 20.1. The maximum Gasteiger partial charge on any atom is 0.256 e. The zero-order valence-electron chi connectivity index (χ0n) is 15.6. The van der Waals surface area contributed by atoms with Crippen molar-refractivity contribution >= 4 is 17.5 Å². The van der Waals surface area contributed by atoms with Crippen molar-refractivity contribution in [3.63, 3.8) is 0 Å². The van der Waals surface area contributed by atoms with Gasteiger partial charge in [-0.05, 0) is 48.4 Å². The summed E-state index contributed by atoms with van der Waals surface area (Å²) in [5, 5.41) is 2.84. The quantitative estimate of drug-likeness (QED) is 0.730. The van der Waals surface area contributed by atoms with E-state index in [1.165, 1.54) is 29.4 Å². The van der Waals surface area contributed by atoms with Crippen LogP contribution in [0.15, 0.2) is 67.0 Å². The van der Waals surface area contributed by atoms with Gasteiger partial charge >= 0.3 is 0 Å². The Morgan fingerprint density at radius 1 is 1.04 bits per heavy atom. The number of rotatable bonds is 5. The first-order valence-corrected chi connectivity index (χ1v) is 8.76. The van der Waals surface area contributed by atoms with E-state index >= 15 is 0 Å². The first-order chi connectivity index (χ1) is 13.5. The SMILES string of the molecule is Cc1cccc(C(=O)N(C)Cc2ccc(F)cc2)c1NC(=O)c1ccncc1. The van der Waals surface area contributed by atoms with Gasteiger partial charge in [-0.2, -0.15) is 0 Å². The lowest BCUT2D eigenvalue weighted by Gasteiger charge is -2.20. The lowest BCUT2D eigenvalue weighted by molar-refractivity contribution is 0.0786. The summed E-state index contributed by atoms with van der Waals surface area (Å²) in [5.41, 5.74) is 2.92. The summed E-state index contributed by atoms with van der Waals surface area (Å²) in [6, 6.07) is 14.5. The lowest BCUT2D eigenvalue weighted by atomic mass is 10.1. The molecule has 6 heteroatoms. The Morgan fingerprint density at radius 3 is 2.39 bits per heavy atom. The summed E-state index contributed by atoms with van der Waals surface area (Å²) >= 11 is 0. The highest BCUT2D eigenvalue weighted by Crippen LogP contribution is 2.23. The monoisotopic (exact) mass is 377 g/mol. The molecule has 0 aliphatic carbocycles.